The van der Waals surface area contributed by atoms with Gasteiger partial charge in [0.1, 0.15) is 13.2 Å². The molecular formula is C72H132O6. The molecule has 0 spiro atoms. The average molecular weight is 1090 g/mol. The Morgan fingerprint density at radius 1 is 0.256 bits per heavy atom. The highest BCUT2D eigenvalue weighted by molar-refractivity contribution is 5.71. The van der Waals surface area contributed by atoms with Crippen LogP contribution in [-0.4, -0.2) is 37.2 Å². The third-order valence-electron chi connectivity index (χ3n) is 15.6. The SMILES string of the molecule is CCCCCC/C=C\C/C=C\CCCCCCCCCC(=O)OCC(COC(=O)CCCCCCCCCCCCCCCCCCCCCCCCCC)OC(=O)CCCCCCCCC/C=C\C/C=C\CCCCCC. The predicted molar refractivity (Wildman–Crippen MR) is 339 cm³/mol. The van der Waals surface area contributed by atoms with Crippen LogP contribution in [-0.2, 0) is 28.6 Å². The zero-order valence-electron chi connectivity index (χ0n) is 52.5. The van der Waals surface area contributed by atoms with E-state index in [0.29, 0.717) is 19.3 Å². The fourth-order valence-electron chi connectivity index (χ4n) is 10.3. The summed E-state index contributed by atoms with van der Waals surface area (Å²) in [5.41, 5.74) is 0. The summed E-state index contributed by atoms with van der Waals surface area (Å²) in [7, 11) is 0. The molecule has 0 N–H and O–H groups in total. The molecular weight excluding hydrogens is 961 g/mol. The molecule has 0 aromatic carbocycles. The largest absolute Gasteiger partial charge is 0.462 e. The summed E-state index contributed by atoms with van der Waals surface area (Å²) in [5.74, 6) is -0.866. The quantitative estimate of drug-likeness (QED) is 0.0261. The van der Waals surface area contributed by atoms with Crippen molar-refractivity contribution in [2.45, 2.75) is 380 Å². The molecule has 6 nitrogen and oxygen atoms in total. The molecule has 6 heteroatoms. The highest BCUT2D eigenvalue weighted by Crippen LogP contribution is 2.18. The summed E-state index contributed by atoms with van der Waals surface area (Å²) < 4.78 is 17.0. The summed E-state index contributed by atoms with van der Waals surface area (Å²) in [4.78, 5) is 38.4. The fourth-order valence-corrected chi connectivity index (χ4v) is 10.3. The summed E-state index contributed by atoms with van der Waals surface area (Å²) in [6.07, 6.45) is 84.1. The lowest BCUT2D eigenvalue weighted by Gasteiger charge is -2.18. The van der Waals surface area contributed by atoms with E-state index in [1.165, 1.54) is 250 Å². The van der Waals surface area contributed by atoms with Crippen molar-refractivity contribution in [1.82, 2.24) is 0 Å². The van der Waals surface area contributed by atoms with E-state index in [-0.39, 0.29) is 31.1 Å². The molecule has 456 valence electrons. The number of esters is 3. The van der Waals surface area contributed by atoms with Gasteiger partial charge in [0.05, 0.1) is 0 Å². The van der Waals surface area contributed by atoms with Gasteiger partial charge in [-0.05, 0) is 83.5 Å². The van der Waals surface area contributed by atoms with Crippen LogP contribution in [0, 0.1) is 0 Å². The first-order valence-corrected chi connectivity index (χ1v) is 34.6. The number of hydrogen-bond acceptors (Lipinski definition) is 6. The molecule has 0 saturated heterocycles. The standard InChI is InChI=1S/C72H132O6/c1-4-7-10-13-16-19-22-25-28-31-34-35-36-37-38-39-42-44-47-50-53-56-59-62-65-71(74)77-68-69(78-72(75)66-63-60-57-54-51-48-45-41-33-30-27-24-21-18-15-12-9-6-3)67-76-70(73)64-61-58-55-52-49-46-43-40-32-29-26-23-20-17-14-11-8-5-2/h20-21,23-24,29-30,32-33,69H,4-19,22,25-28,31,34-68H2,1-3H3/b23-20-,24-21-,32-29-,33-30-. The second-order valence-corrected chi connectivity index (χ2v) is 23.4. The number of unbranched alkanes of at least 4 members (excludes halogenated alkanes) is 45. The Morgan fingerprint density at radius 3 is 0.718 bits per heavy atom. The Labute approximate surface area is 486 Å². The maximum absolute atomic E-state index is 12.9. The molecule has 0 saturated carbocycles. The lowest BCUT2D eigenvalue weighted by Crippen LogP contribution is -2.30. The second-order valence-electron chi connectivity index (χ2n) is 23.4. The number of carbonyl (C=O) groups excluding carboxylic acids is 3. The van der Waals surface area contributed by atoms with Crippen LogP contribution < -0.4 is 0 Å². The minimum absolute atomic E-state index is 0.0751. The molecule has 0 aromatic heterocycles. The third-order valence-corrected chi connectivity index (χ3v) is 15.6. The summed E-state index contributed by atoms with van der Waals surface area (Å²) in [6, 6.07) is 0. The van der Waals surface area contributed by atoms with Crippen molar-refractivity contribution in [2.24, 2.45) is 0 Å². The molecule has 0 radical (unpaired) electrons. The van der Waals surface area contributed by atoms with Gasteiger partial charge in [-0.15, -0.1) is 0 Å². The van der Waals surface area contributed by atoms with E-state index in [2.05, 4.69) is 69.4 Å². The van der Waals surface area contributed by atoms with Crippen molar-refractivity contribution in [3.8, 4) is 0 Å². The minimum atomic E-state index is -0.781. The van der Waals surface area contributed by atoms with E-state index in [4.69, 9.17) is 14.2 Å². The summed E-state index contributed by atoms with van der Waals surface area (Å²) >= 11 is 0. The predicted octanol–water partition coefficient (Wildman–Crippen LogP) is 23.7. The van der Waals surface area contributed by atoms with Gasteiger partial charge in [0.25, 0.3) is 0 Å². The number of allylic oxidation sites excluding steroid dienone is 8. The van der Waals surface area contributed by atoms with Gasteiger partial charge in [0.2, 0.25) is 0 Å². The van der Waals surface area contributed by atoms with Crippen molar-refractivity contribution >= 4 is 17.9 Å². The van der Waals surface area contributed by atoms with E-state index in [0.717, 1.165) is 83.5 Å². The minimum Gasteiger partial charge on any atom is -0.462 e. The zero-order valence-corrected chi connectivity index (χ0v) is 52.5. The first-order chi connectivity index (χ1) is 38.5. The molecule has 0 bridgehead atoms. The topological polar surface area (TPSA) is 78.9 Å². The molecule has 0 fully saturated rings. The molecule has 1 atom stereocenters. The molecule has 1 unspecified atom stereocenters. The Bertz CT molecular complexity index is 1350. The maximum atomic E-state index is 12.9. The van der Waals surface area contributed by atoms with Crippen LogP contribution in [0.15, 0.2) is 48.6 Å². The van der Waals surface area contributed by atoms with Gasteiger partial charge in [-0.1, -0.05) is 320 Å². The van der Waals surface area contributed by atoms with E-state index >= 15 is 0 Å². The van der Waals surface area contributed by atoms with Crippen molar-refractivity contribution in [1.29, 1.82) is 0 Å². The Kier molecular flexibility index (Phi) is 64.6. The lowest BCUT2D eigenvalue weighted by atomic mass is 10.0. The Balaban J connectivity index is 4.31. The normalized spacial score (nSPS) is 12.3. The third kappa shape index (κ3) is 64.2. The van der Waals surface area contributed by atoms with Gasteiger partial charge in [-0.25, -0.2) is 0 Å². The Morgan fingerprint density at radius 2 is 0.462 bits per heavy atom. The zero-order chi connectivity index (χ0) is 56.4. The Hall–Kier alpha value is -2.63. The van der Waals surface area contributed by atoms with Gasteiger partial charge < -0.3 is 14.2 Å². The first kappa shape index (κ1) is 75.4. The first-order valence-electron chi connectivity index (χ1n) is 34.6. The highest BCUT2D eigenvalue weighted by Gasteiger charge is 2.19. The smallest absolute Gasteiger partial charge is 0.306 e. The van der Waals surface area contributed by atoms with Gasteiger partial charge in [0, 0.05) is 19.3 Å². The van der Waals surface area contributed by atoms with E-state index in [9.17, 15) is 14.4 Å². The molecule has 0 aliphatic rings. The molecule has 78 heavy (non-hydrogen) atoms. The molecule has 0 amide bonds. The number of hydrogen-bond donors (Lipinski definition) is 0. The van der Waals surface area contributed by atoms with Crippen molar-refractivity contribution in [3.63, 3.8) is 0 Å². The van der Waals surface area contributed by atoms with E-state index in [1.54, 1.807) is 0 Å². The van der Waals surface area contributed by atoms with Crippen LogP contribution in [0.1, 0.15) is 374 Å². The van der Waals surface area contributed by atoms with Crippen molar-refractivity contribution in [3.05, 3.63) is 48.6 Å². The second kappa shape index (κ2) is 66.9. The summed E-state index contributed by atoms with van der Waals surface area (Å²) in [6.45, 7) is 6.66. The number of carbonyl (C=O) groups is 3. The van der Waals surface area contributed by atoms with Gasteiger partial charge in [0.15, 0.2) is 6.10 Å². The van der Waals surface area contributed by atoms with Crippen LogP contribution in [0.2, 0.25) is 0 Å². The highest BCUT2D eigenvalue weighted by atomic mass is 16.6. The lowest BCUT2D eigenvalue weighted by molar-refractivity contribution is -0.167. The van der Waals surface area contributed by atoms with Gasteiger partial charge in [-0.2, -0.15) is 0 Å². The fraction of sp³-hybridized carbons (Fsp3) is 0.847. The average Bonchev–Trinajstić information content (AvgIpc) is 3.44. The van der Waals surface area contributed by atoms with Crippen LogP contribution in [0.5, 0.6) is 0 Å². The molecule has 0 aromatic rings. The van der Waals surface area contributed by atoms with Crippen molar-refractivity contribution in [2.75, 3.05) is 13.2 Å². The monoisotopic (exact) mass is 1090 g/mol. The summed E-state index contributed by atoms with van der Waals surface area (Å²) in [5, 5.41) is 0. The van der Waals surface area contributed by atoms with Crippen molar-refractivity contribution < 1.29 is 28.6 Å². The van der Waals surface area contributed by atoms with E-state index in [1.807, 2.05) is 0 Å². The molecule has 0 rings (SSSR count). The number of ether oxygens (including phenoxy) is 3. The number of rotatable bonds is 64. The molecule has 0 heterocycles. The molecule has 0 aliphatic carbocycles. The molecule has 0 aliphatic heterocycles. The van der Waals surface area contributed by atoms with E-state index < -0.39 is 6.10 Å². The van der Waals surface area contributed by atoms with Gasteiger partial charge in [-0.3, -0.25) is 14.4 Å². The van der Waals surface area contributed by atoms with Crippen LogP contribution in [0.25, 0.3) is 0 Å². The van der Waals surface area contributed by atoms with Crippen LogP contribution in [0.3, 0.4) is 0 Å². The van der Waals surface area contributed by atoms with Crippen LogP contribution in [0.4, 0.5) is 0 Å². The van der Waals surface area contributed by atoms with Gasteiger partial charge >= 0.3 is 17.9 Å². The maximum Gasteiger partial charge on any atom is 0.306 e. The van der Waals surface area contributed by atoms with Crippen LogP contribution >= 0.6 is 0 Å².